The molecule has 0 aromatic heterocycles. The van der Waals surface area contributed by atoms with Gasteiger partial charge in [-0.1, -0.05) is 25.5 Å². The number of hydrogen-bond donors (Lipinski definition) is 5. The largest absolute Gasteiger partial charge is 0.392 e. The summed E-state index contributed by atoms with van der Waals surface area (Å²) in [6.45, 7) is 4.94. The molecule has 2 saturated carbocycles. The minimum atomic E-state index is -0.730. The highest BCUT2D eigenvalue weighted by Gasteiger charge is 2.63. The van der Waals surface area contributed by atoms with Crippen molar-refractivity contribution in [2.24, 2.45) is 22.7 Å². The van der Waals surface area contributed by atoms with Crippen molar-refractivity contribution < 1.29 is 20.4 Å². The van der Waals surface area contributed by atoms with Gasteiger partial charge in [0.25, 0.3) is 0 Å². The van der Waals surface area contributed by atoms with Crippen molar-refractivity contribution in [3.05, 3.63) is 11.6 Å². The minimum absolute atomic E-state index is 0.0398. The fraction of sp³-hybridized carbons (Fsp3) is 0.889. The van der Waals surface area contributed by atoms with Crippen molar-refractivity contribution in [3.63, 3.8) is 0 Å². The van der Waals surface area contributed by atoms with Gasteiger partial charge < -0.3 is 25.7 Å². The van der Waals surface area contributed by atoms with E-state index in [1.54, 1.807) is 0 Å². The molecule has 0 spiro atoms. The van der Waals surface area contributed by atoms with Crippen molar-refractivity contribution >= 4 is 0 Å². The van der Waals surface area contributed by atoms with E-state index in [0.29, 0.717) is 19.4 Å². The summed E-state index contributed by atoms with van der Waals surface area (Å²) in [5.74, 6) is 0.164. The zero-order valence-corrected chi connectivity index (χ0v) is 13.9. The van der Waals surface area contributed by atoms with Gasteiger partial charge in [0, 0.05) is 29.3 Å². The van der Waals surface area contributed by atoms with Crippen molar-refractivity contribution in [2.45, 2.75) is 70.0 Å². The quantitative estimate of drug-likeness (QED) is 0.410. The van der Waals surface area contributed by atoms with Gasteiger partial charge in [-0.15, -0.1) is 0 Å². The number of aliphatic hydroxyl groups excluding tert-OH is 4. The first-order valence-corrected chi connectivity index (χ1v) is 8.94. The van der Waals surface area contributed by atoms with Gasteiger partial charge >= 0.3 is 0 Å². The van der Waals surface area contributed by atoms with E-state index in [2.05, 4.69) is 12.2 Å². The molecule has 3 fully saturated rings. The van der Waals surface area contributed by atoms with Crippen LogP contribution < -0.4 is 5.32 Å². The average molecular weight is 323 g/mol. The number of aliphatic hydroxyl groups is 4. The maximum absolute atomic E-state index is 10.9. The summed E-state index contributed by atoms with van der Waals surface area (Å²) in [6, 6.07) is 0.139. The fourth-order valence-electron chi connectivity index (χ4n) is 6.12. The Kier molecular flexibility index (Phi) is 3.50. The van der Waals surface area contributed by atoms with Crippen molar-refractivity contribution in [3.8, 4) is 0 Å². The van der Waals surface area contributed by atoms with Crippen molar-refractivity contribution in [1.82, 2.24) is 5.32 Å². The van der Waals surface area contributed by atoms with Gasteiger partial charge in [0.15, 0.2) is 0 Å². The second kappa shape index (κ2) is 5.02. The Bertz CT molecular complexity index is 537. The van der Waals surface area contributed by atoms with E-state index in [0.717, 1.165) is 12.8 Å². The molecule has 0 aromatic rings. The lowest BCUT2D eigenvalue weighted by atomic mass is 9.52. The van der Waals surface area contributed by atoms with Crippen LogP contribution in [0.1, 0.15) is 39.5 Å². The smallest absolute Gasteiger partial charge is 0.0867 e. The SMILES string of the molecule is C[C@]12CC[C@H](O)C=C1CC(O)C1C2NC[C@@]2(C)C1C[C@@H](O)[C@@H]2O. The van der Waals surface area contributed by atoms with Crippen LogP contribution in [-0.2, 0) is 0 Å². The molecule has 0 radical (unpaired) electrons. The molecule has 9 atom stereocenters. The van der Waals surface area contributed by atoms with E-state index < -0.39 is 24.4 Å². The van der Waals surface area contributed by atoms with Gasteiger partial charge in [-0.25, -0.2) is 0 Å². The first-order chi connectivity index (χ1) is 10.8. The third-order valence-corrected chi connectivity index (χ3v) is 7.58. The highest BCUT2D eigenvalue weighted by molar-refractivity contribution is 5.29. The molecule has 5 N–H and O–H groups in total. The second-order valence-electron chi connectivity index (χ2n) is 8.78. The van der Waals surface area contributed by atoms with E-state index in [1.807, 2.05) is 13.0 Å². The van der Waals surface area contributed by atoms with Crippen molar-refractivity contribution in [2.75, 3.05) is 6.54 Å². The van der Waals surface area contributed by atoms with Crippen LogP contribution in [0, 0.1) is 22.7 Å². The van der Waals surface area contributed by atoms with Gasteiger partial charge in [-0.2, -0.15) is 0 Å². The van der Waals surface area contributed by atoms with Crippen LogP contribution in [0.25, 0.3) is 0 Å². The van der Waals surface area contributed by atoms with Gasteiger partial charge in [0.1, 0.15) is 0 Å². The maximum atomic E-state index is 10.9. The monoisotopic (exact) mass is 323 g/mol. The molecule has 5 heteroatoms. The van der Waals surface area contributed by atoms with Crippen LogP contribution in [0.5, 0.6) is 0 Å². The molecule has 23 heavy (non-hydrogen) atoms. The molecule has 130 valence electrons. The number of piperidine rings is 1. The Balaban J connectivity index is 1.73. The van der Waals surface area contributed by atoms with Gasteiger partial charge in [0.05, 0.1) is 24.4 Å². The number of rotatable bonds is 0. The molecular formula is C18H29NO4. The highest BCUT2D eigenvalue weighted by atomic mass is 16.3. The third kappa shape index (κ3) is 2.04. The zero-order valence-electron chi connectivity index (χ0n) is 13.9. The standard InChI is InChI=1S/C18H29NO4/c1-17-4-3-10(20)5-9(17)6-12(21)14-11-7-13(22)16(23)18(11,2)8-19-15(14)17/h5,10-16,19-23H,3-4,6-8H2,1-2H3/t10-,11?,12?,13+,14?,15?,16-,17-,18-/m0/s1. The molecule has 0 bridgehead atoms. The molecule has 3 aliphatic carbocycles. The summed E-state index contributed by atoms with van der Waals surface area (Å²) in [6.07, 6.45) is 2.46. The summed E-state index contributed by atoms with van der Waals surface area (Å²) < 4.78 is 0. The van der Waals surface area contributed by atoms with E-state index in [4.69, 9.17) is 0 Å². The first kappa shape index (κ1) is 16.0. The normalized spacial score (nSPS) is 58.9. The van der Waals surface area contributed by atoms with E-state index in [1.165, 1.54) is 5.57 Å². The topological polar surface area (TPSA) is 93.0 Å². The Hall–Kier alpha value is -0.460. The minimum Gasteiger partial charge on any atom is -0.392 e. The predicted molar refractivity (Wildman–Crippen MR) is 85.6 cm³/mol. The first-order valence-electron chi connectivity index (χ1n) is 8.94. The maximum Gasteiger partial charge on any atom is 0.0867 e. The molecule has 5 nitrogen and oxygen atoms in total. The summed E-state index contributed by atoms with van der Waals surface area (Å²) in [5, 5.41) is 45.1. The van der Waals surface area contributed by atoms with Crippen molar-refractivity contribution in [1.29, 1.82) is 0 Å². The fourth-order valence-corrected chi connectivity index (χ4v) is 6.12. The molecule has 4 rings (SSSR count). The second-order valence-corrected chi connectivity index (χ2v) is 8.78. The van der Waals surface area contributed by atoms with Crippen LogP contribution in [0.3, 0.4) is 0 Å². The lowest BCUT2D eigenvalue weighted by molar-refractivity contribution is -0.101. The zero-order chi connectivity index (χ0) is 16.6. The Labute approximate surface area is 137 Å². The van der Waals surface area contributed by atoms with Crippen LogP contribution >= 0.6 is 0 Å². The third-order valence-electron chi connectivity index (χ3n) is 7.58. The lowest BCUT2D eigenvalue weighted by Gasteiger charge is -2.59. The average Bonchev–Trinajstić information content (AvgIpc) is 2.73. The summed E-state index contributed by atoms with van der Waals surface area (Å²) in [7, 11) is 0. The van der Waals surface area contributed by atoms with Crippen LogP contribution in [-0.4, -0.2) is 57.4 Å². The molecule has 4 aliphatic rings. The highest BCUT2D eigenvalue weighted by Crippen LogP contribution is 2.59. The summed E-state index contributed by atoms with van der Waals surface area (Å²) in [4.78, 5) is 0. The predicted octanol–water partition coefficient (Wildman–Crippen LogP) is 0.174. The molecule has 1 aliphatic heterocycles. The van der Waals surface area contributed by atoms with Gasteiger partial charge in [0.2, 0.25) is 0 Å². The molecule has 1 heterocycles. The van der Waals surface area contributed by atoms with E-state index >= 15 is 0 Å². The molecule has 1 saturated heterocycles. The Morgan fingerprint density at radius 2 is 1.87 bits per heavy atom. The van der Waals surface area contributed by atoms with Crippen LogP contribution in [0.4, 0.5) is 0 Å². The van der Waals surface area contributed by atoms with Crippen LogP contribution in [0.15, 0.2) is 11.6 Å². The Morgan fingerprint density at radius 1 is 1.13 bits per heavy atom. The number of fused-ring (bicyclic) bond motifs is 5. The summed E-state index contributed by atoms with van der Waals surface area (Å²) >= 11 is 0. The molecule has 4 unspecified atom stereocenters. The van der Waals surface area contributed by atoms with E-state index in [-0.39, 0.29) is 28.7 Å². The van der Waals surface area contributed by atoms with Gasteiger partial charge in [-0.05, 0) is 31.6 Å². The Morgan fingerprint density at radius 3 is 2.61 bits per heavy atom. The van der Waals surface area contributed by atoms with E-state index in [9.17, 15) is 20.4 Å². The molecule has 0 amide bonds. The molecule has 0 aromatic carbocycles. The number of nitrogens with one attached hydrogen (secondary N) is 1. The molecular weight excluding hydrogens is 294 g/mol. The lowest BCUT2D eigenvalue weighted by Crippen LogP contribution is -2.67. The number of hydrogen-bond acceptors (Lipinski definition) is 5. The van der Waals surface area contributed by atoms with Gasteiger partial charge in [-0.3, -0.25) is 0 Å². The summed E-state index contributed by atoms with van der Waals surface area (Å²) in [5.41, 5.74) is 0.733. The van der Waals surface area contributed by atoms with Crippen LogP contribution in [0.2, 0.25) is 0 Å².